The zero-order valence-electron chi connectivity index (χ0n) is 12.0. The minimum Gasteiger partial charge on any atom is -0.389 e. The summed E-state index contributed by atoms with van der Waals surface area (Å²) in [6.45, 7) is 0.898. The van der Waals surface area contributed by atoms with Crippen LogP contribution in [0.1, 0.15) is 26.4 Å². The highest BCUT2D eigenvalue weighted by atomic mass is 32.1. The summed E-state index contributed by atoms with van der Waals surface area (Å²) < 4.78 is 0. The van der Waals surface area contributed by atoms with Gasteiger partial charge < -0.3 is 10.6 Å². The molecular weight excluding hydrogens is 316 g/mol. The van der Waals surface area contributed by atoms with Crippen LogP contribution in [0.2, 0.25) is 0 Å². The number of thiophene rings is 1. The number of anilines is 1. The van der Waals surface area contributed by atoms with E-state index in [0.29, 0.717) is 35.6 Å². The van der Waals surface area contributed by atoms with Gasteiger partial charge in [0.2, 0.25) is 0 Å². The average Bonchev–Trinajstić information content (AvgIpc) is 2.88. The van der Waals surface area contributed by atoms with E-state index >= 15 is 0 Å². The fourth-order valence-electron chi connectivity index (χ4n) is 2.63. The van der Waals surface area contributed by atoms with Crippen LogP contribution in [0.25, 0.3) is 0 Å². The Morgan fingerprint density at radius 1 is 1.39 bits per heavy atom. The Kier molecular flexibility index (Phi) is 3.72. The second kappa shape index (κ2) is 5.70. The molecule has 1 aliphatic rings. The van der Waals surface area contributed by atoms with E-state index in [4.69, 9.17) is 11.0 Å². The number of non-ortho nitro benzene ring substituents is 1. The summed E-state index contributed by atoms with van der Waals surface area (Å²) in [6, 6.07) is 7.67. The molecule has 0 unspecified atom stereocenters. The number of carbonyl (C=O) groups is 1. The molecule has 8 heteroatoms. The van der Waals surface area contributed by atoms with Crippen molar-refractivity contribution in [1.29, 1.82) is 5.26 Å². The Morgan fingerprint density at radius 3 is 2.70 bits per heavy atom. The number of nitro benzene ring substituents is 1. The first-order valence-corrected chi connectivity index (χ1v) is 7.66. The van der Waals surface area contributed by atoms with Gasteiger partial charge in [-0.25, -0.2) is 0 Å². The maximum atomic E-state index is 12.5. The lowest BCUT2D eigenvalue weighted by Gasteiger charge is -2.27. The Labute approximate surface area is 135 Å². The second-order valence-corrected chi connectivity index (χ2v) is 6.27. The molecule has 0 fully saturated rings. The Bertz CT molecular complexity index is 836. The monoisotopic (exact) mass is 328 g/mol. The van der Waals surface area contributed by atoms with Crippen LogP contribution in [-0.2, 0) is 13.0 Å². The van der Waals surface area contributed by atoms with Crippen LogP contribution in [-0.4, -0.2) is 22.3 Å². The highest BCUT2D eigenvalue weighted by Gasteiger charge is 2.26. The third-order valence-corrected chi connectivity index (χ3v) is 4.85. The highest BCUT2D eigenvalue weighted by Crippen LogP contribution is 2.34. The van der Waals surface area contributed by atoms with Gasteiger partial charge in [-0.15, -0.1) is 11.3 Å². The van der Waals surface area contributed by atoms with Gasteiger partial charge in [0.25, 0.3) is 11.6 Å². The number of amides is 1. The number of hydrogen-bond acceptors (Lipinski definition) is 6. The zero-order chi connectivity index (χ0) is 16.6. The van der Waals surface area contributed by atoms with Crippen LogP contribution in [0.5, 0.6) is 0 Å². The third kappa shape index (κ3) is 2.62. The largest absolute Gasteiger partial charge is 0.389 e. The first kappa shape index (κ1) is 15.0. The van der Waals surface area contributed by atoms with Gasteiger partial charge in [0.1, 0.15) is 11.1 Å². The number of nitro groups is 1. The number of benzene rings is 1. The van der Waals surface area contributed by atoms with E-state index in [-0.39, 0.29) is 11.6 Å². The Balaban J connectivity index is 1.82. The molecule has 1 amide bonds. The predicted octanol–water partition coefficient (Wildman–Crippen LogP) is 2.31. The minimum absolute atomic E-state index is 0.0489. The second-order valence-electron chi connectivity index (χ2n) is 5.14. The van der Waals surface area contributed by atoms with Crippen molar-refractivity contribution in [1.82, 2.24) is 4.90 Å². The molecule has 1 aromatic carbocycles. The van der Waals surface area contributed by atoms with Crippen LogP contribution in [0.4, 0.5) is 10.7 Å². The fourth-order valence-corrected chi connectivity index (χ4v) is 3.71. The zero-order valence-corrected chi connectivity index (χ0v) is 12.8. The molecule has 0 saturated carbocycles. The number of carbonyl (C=O) groups excluding carboxylic acids is 1. The number of rotatable bonds is 2. The van der Waals surface area contributed by atoms with Gasteiger partial charge in [0.05, 0.1) is 17.0 Å². The van der Waals surface area contributed by atoms with Gasteiger partial charge >= 0.3 is 0 Å². The molecule has 0 radical (unpaired) electrons. The highest BCUT2D eigenvalue weighted by molar-refractivity contribution is 7.16. The molecule has 2 N–H and O–H groups in total. The number of hydrogen-bond donors (Lipinski definition) is 1. The molecule has 0 spiro atoms. The van der Waals surface area contributed by atoms with E-state index in [1.54, 1.807) is 4.90 Å². The fraction of sp³-hybridized carbons (Fsp3) is 0.200. The molecule has 7 nitrogen and oxygen atoms in total. The Morgan fingerprint density at radius 2 is 2.09 bits per heavy atom. The van der Waals surface area contributed by atoms with Gasteiger partial charge in [0, 0.05) is 29.1 Å². The topological polar surface area (TPSA) is 113 Å². The molecule has 2 aromatic rings. The molecule has 2 heterocycles. The summed E-state index contributed by atoms with van der Waals surface area (Å²) in [6.07, 6.45) is 0.588. The van der Waals surface area contributed by atoms with Gasteiger partial charge in [-0.1, -0.05) is 0 Å². The quantitative estimate of drug-likeness (QED) is 0.671. The standard InChI is InChI=1S/C15H12N4O3S/c16-7-12-11-5-6-18(8-13(11)23-14(12)17)15(20)9-1-3-10(4-2-9)19(21)22/h1-4H,5-6,8,17H2. The molecule has 1 aromatic heterocycles. The van der Waals surface area contributed by atoms with Crippen molar-refractivity contribution >= 4 is 27.9 Å². The van der Waals surface area contributed by atoms with Crippen LogP contribution in [0, 0.1) is 21.4 Å². The maximum absolute atomic E-state index is 12.5. The molecule has 23 heavy (non-hydrogen) atoms. The summed E-state index contributed by atoms with van der Waals surface area (Å²) in [4.78, 5) is 25.3. The summed E-state index contributed by atoms with van der Waals surface area (Å²) >= 11 is 1.34. The Hall–Kier alpha value is -2.92. The van der Waals surface area contributed by atoms with Crippen LogP contribution in [0.15, 0.2) is 24.3 Å². The van der Waals surface area contributed by atoms with Crippen molar-refractivity contribution in [2.24, 2.45) is 0 Å². The molecular formula is C15H12N4O3S. The third-order valence-electron chi connectivity index (χ3n) is 3.81. The van der Waals surface area contributed by atoms with Crippen molar-refractivity contribution in [3.63, 3.8) is 0 Å². The number of nitriles is 1. The number of nitrogens with two attached hydrogens (primary N) is 1. The summed E-state index contributed by atoms with van der Waals surface area (Å²) in [7, 11) is 0. The normalized spacial score (nSPS) is 13.3. The predicted molar refractivity (Wildman–Crippen MR) is 85.0 cm³/mol. The lowest BCUT2D eigenvalue weighted by molar-refractivity contribution is -0.384. The molecule has 0 bridgehead atoms. The van der Waals surface area contributed by atoms with E-state index in [9.17, 15) is 14.9 Å². The maximum Gasteiger partial charge on any atom is 0.269 e. The molecule has 1 aliphatic heterocycles. The van der Waals surface area contributed by atoms with Gasteiger partial charge in [-0.05, 0) is 24.1 Å². The summed E-state index contributed by atoms with van der Waals surface area (Å²) in [5, 5.41) is 20.3. The number of nitrogens with zero attached hydrogens (tertiary/aromatic N) is 3. The minimum atomic E-state index is -0.501. The molecule has 0 aliphatic carbocycles. The van der Waals surface area contributed by atoms with Gasteiger partial charge in [0.15, 0.2) is 0 Å². The van der Waals surface area contributed by atoms with Crippen LogP contribution in [0.3, 0.4) is 0 Å². The summed E-state index contributed by atoms with van der Waals surface area (Å²) in [5.41, 5.74) is 7.65. The van der Waals surface area contributed by atoms with Crippen molar-refractivity contribution < 1.29 is 9.72 Å². The van der Waals surface area contributed by atoms with Gasteiger partial charge in [-0.3, -0.25) is 14.9 Å². The van der Waals surface area contributed by atoms with Crippen molar-refractivity contribution in [3.8, 4) is 6.07 Å². The van der Waals surface area contributed by atoms with E-state index in [1.165, 1.54) is 35.6 Å². The van der Waals surface area contributed by atoms with Crippen LogP contribution < -0.4 is 5.73 Å². The van der Waals surface area contributed by atoms with Crippen molar-refractivity contribution in [3.05, 3.63) is 55.9 Å². The lowest BCUT2D eigenvalue weighted by Crippen LogP contribution is -2.35. The van der Waals surface area contributed by atoms with Crippen molar-refractivity contribution in [2.45, 2.75) is 13.0 Å². The average molecular weight is 328 g/mol. The first-order valence-electron chi connectivity index (χ1n) is 6.85. The first-order chi connectivity index (χ1) is 11.0. The molecule has 0 saturated heterocycles. The lowest BCUT2D eigenvalue weighted by atomic mass is 10.0. The van der Waals surface area contributed by atoms with E-state index in [2.05, 4.69) is 6.07 Å². The van der Waals surface area contributed by atoms with E-state index in [1.807, 2.05) is 0 Å². The SMILES string of the molecule is N#Cc1c(N)sc2c1CCN(C(=O)c1ccc([N+](=O)[O-])cc1)C2. The van der Waals surface area contributed by atoms with E-state index < -0.39 is 4.92 Å². The summed E-state index contributed by atoms with van der Waals surface area (Å²) in [5.74, 6) is -0.184. The smallest absolute Gasteiger partial charge is 0.269 e. The van der Waals surface area contributed by atoms with Crippen molar-refractivity contribution in [2.75, 3.05) is 12.3 Å². The number of fused-ring (bicyclic) bond motifs is 1. The molecule has 0 atom stereocenters. The molecule has 3 rings (SSSR count). The van der Waals surface area contributed by atoms with Gasteiger partial charge in [-0.2, -0.15) is 5.26 Å². The van der Waals surface area contributed by atoms with E-state index in [0.717, 1.165) is 10.4 Å². The molecule has 116 valence electrons. The number of nitrogen functional groups attached to an aromatic ring is 1. The van der Waals surface area contributed by atoms with Crippen LogP contribution >= 0.6 is 11.3 Å².